The molecule has 0 aliphatic rings. The molecule has 0 rings (SSSR count). The summed E-state index contributed by atoms with van der Waals surface area (Å²) < 4.78 is 16.0. The van der Waals surface area contributed by atoms with Crippen LogP contribution < -0.4 is 0 Å². The molecule has 0 amide bonds. The number of alkyl halides is 1. The lowest BCUT2D eigenvalue weighted by Gasteiger charge is -2.14. The predicted molar refractivity (Wildman–Crippen MR) is 62.6 cm³/mol. The van der Waals surface area contributed by atoms with Gasteiger partial charge in [-0.05, 0) is 13.8 Å². The minimum atomic E-state index is -0.883. The Labute approximate surface area is 95.5 Å². The molecule has 0 N–H and O–H groups in total. The molecule has 0 atom stereocenters. The van der Waals surface area contributed by atoms with E-state index in [0.29, 0.717) is 31.5 Å². The van der Waals surface area contributed by atoms with Gasteiger partial charge in [-0.15, -0.1) is 0 Å². The molecule has 0 heterocycles. The van der Waals surface area contributed by atoms with Crippen molar-refractivity contribution in [2.75, 3.05) is 31.5 Å². The Kier molecular flexibility index (Phi) is 11.7. The Balaban J connectivity index is 3.49. The standard InChI is InChI=1S/C9H16BrO3P/c1-3-12-14(13-4-2)9-11-8-6-5-7-10/h3-4,7-9H2,1-2H3. The normalized spacial score (nSPS) is 10.0. The van der Waals surface area contributed by atoms with Crippen molar-refractivity contribution in [2.24, 2.45) is 0 Å². The summed E-state index contributed by atoms with van der Waals surface area (Å²) >= 11 is 3.21. The summed E-state index contributed by atoms with van der Waals surface area (Å²) in [5.74, 6) is 5.71. The topological polar surface area (TPSA) is 27.7 Å². The molecule has 0 aromatic heterocycles. The molecule has 0 radical (unpaired) electrons. The number of rotatable bonds is 7. The minimum absolute atomic E-state index is 0.435. The summed E-state index contributed by atoms with van der Waals surface area (Å²) in [6.07, 6.45) is 0.494. The van der Waals surface area contributed by atoms with Gasteiger partial charge in [0.15, 0.2) is 8.38 Å². The third kappa shape index (κ3) is 8.93. The Morgan fingerprint density at radius 1 is 1.14 bits per heavy atom. The molecule has 0 fully saturated rings. The Hall–Kier alpha value is 0.350. The fourth-order valence-electron chi connectivity index (χ4n) is 0.669. The monoisotopic (exact) mass is 282 g/mol. The van der Waals surface area contributed by atoms with E-state index in [1.165, 1.54) is 0 Å². The smallest absolute Gasteiger partial charge is 0.198 e. The summed E-state index contributed by atoms with van der Waals surface area (Å²) in [4.78, 5) is 0. The minimum Gasteiger partial charge on any atom is -0.359 e. The van der Waals surface area contributed by atoms with Crippen molar-refractivity contribution < 1.29 is 13.8 Å². The van der Waals surface area contributed by atoms with Crippen LogP contribution in [-0.4, -0.2) is 31.5 Å². The van der Waals surface area contributed by atoms with Gasteiger partial charge in [-0.25, -0.2) is 0 Å². The van der Waals surface area contributed by atoms with Crippen LogP contribution in [-0.2, 0) is 13.8 Å². The first-order valence-corrected chi connectivity index (χ1v) is 6.96. The molecule has 0 saturated heterocycles. The Morgan fingerprint density at radius 3 is 2.29 bits per heavy atom. The maximum absolute atomic E-state index is 5.35. The van der Waals surface area contributed by atoms with Crippen molar-refractivity contribution in [2.45, 2.75) is 13.8 Å². The number of hydrogen-bond acceptors (Lipinski definition) is 3. The van der Waals surface area contributed by atoms with E-state index >= 15 is 0 Å². The van der Waals surface area contributed by atoms with Crippen molar-refractivity contribution in [1.82, 2.24) is 0 Å². The third-order valence-electron chi connectivity index (χ3n) is 1.11. The quantitative estimate of drug-likeness (QED) is 0.311. The van der Waals surface area contributed by atoms with Crippen LogP contribution in [0.15, 0.2) is 0 Å². The van der Waals surface area contributed by atoms with Crippen LogP contribution in [0.4, 0.5) is 0 Å². The van der Waals surface area contributed by atoms with Gasteiger partial charge >= 0.3 is 0 Å². The van der Waals surface area contributed by atoms with Crippen LogP contribution in [0.2, 0.25) is 0 Å². The van der Waals surface area contributed by atoms with Crippen molar-refractivity contribution in [3.8, 4) is 11.8 Å². The van der Waals surface area contributed by atoms with Crippen LogP contribution in [0.5, 0.6) is 0 Å². The maximum atomic E-state index is 5.35. The number of ether oxygens (including phenoxy) is 1. The van der Waals surface area contributed by atoms with E-state index in [-0.39, 0.29) is 0 Å². The molecule has 0 saturated carbocycles. The van der Waals surface area contributed by atoms with Crippen LogP contribution in [0.1, 0.15) is 13.8 Å². The lowest BCUT2D eigenvalue weighted by atomic mass is 10.6. The van der Waals surface area contributed by atoms with Gasteiger partial charge in [-0.2, -0.15) is 0 Å². The zero-order valence-electron chi connectivity index (χ0n) is 8.59. The zero-order chi connectivity index (χ0) is 10.6. The Bertz CT molecular complexity index is 173. The Morgan fingerprint density at radius 2 is 1.79 bits per heavy atom. The molecule has 5 heteroatoms. The van der Waals surface area contributed by atoms with Crippen molar-refractivity contribution in [1.29, 1.82) is 0 Å². The van der Waals surface area contributed by atoms with E-state index in [4.69, 9.17) is 13.8 Å². The van der Waals surface area contributed by atoms with Gasteiger partial charge in [0.25, 0.3) is 0 Å². The summed E-state index contributed by atoms with van der Waals surface area (Å²) in [7, 11) is -0.883. The van der Waals surface area contributed by atoms with E-state index in [0.717, 1.165) is 0 Å². The van der Waals surface area contributed by atoms with Gasteiger partial charge in [0.05, 0.1) is 18.5 Å². The van der Waals surface area contributed by atoms with Gasteiger partial charge in [0, 0.05) is 0 Å². The van der Waals surface area contributed by atoms with Crippen molar-refractivity contribution in [3.05, 3.63) is 0 Å². The first-order valence-electron chi connectivity index (χ1n) is 4.47. The molecule has 82 valence electrons. The van der Waals surface area contributed by atoms with Crippen LogP contribution >= 0.6 is 24.3 Å². The lowest BCUT2D eigenvalue weighted by molar-refractivity contribution is 0.179. The van der Waals surface area contributed by atoms with E-state index in [1.54, 1.807) is 0 Å². The summed E-state index contributed by atoms with van der Waals surface area (Å²) in [5.41, 5.74) is 0. The second-order valence-electron chi connectivity index (χ2n) is 2.13. The third-order valence-corrected chi connectivity index (χ3v) is 2.88. The van der Waals surface area contributed by atoms with Crippen LogP contribution in [0, 0.1) is 11.8 Å². The predicted octanol–water partition coefficient (Wildman–Crippen LogP) is 2.74. The molecule has 0 aliphatic carbocycles. The molecule has 0 spiro atoms. The van der Waals surface area contributed by atoms with E-state index in [2.05, 4.69) is 27.8 Å². The molecule has 3 nitrogen and oxygen atoms in total. The average molecular weight is 283 g/mol. The van der Waals surface area contributed by atoms with Crippen LogP contribution in [0.25, 0.3) is 0 Å². The first kappa shape index (κ1) is 14.3. The summed E-state index contributed by atoms with van der Waals surface area (Å²) in [5, 5.41) is 0.683. The van der Waals surface area contributed by atoms with Gasteiger partial charge in [-0.3, -0.25) is 0 Å². The fourth-order valence-corrected chi connectivity index (χ4v) is 1.91. The molecule has 0 unspecified atom stereocenters. The highest BCUT2D eigenvalue weighted by Gasteiger charge is 2.07. The SMILES string of the molecule is CCOP(COCC#CCBr)OCC. The maximum Gasteiger partial charge on any atom is 0.198 e. The molecule has 14 heavy (non-hydrogen) atoms. The van der Waals surface area contributed by atoms with Gasteiger partial charge in [-0.1, -0.05) is 27.8 Å². The molecule has 0 aliphatic heterocycles. The second kappa shape index (κ2) is 11.4. The largest absolute Gasteiger partial charge is 0.359 e. The van der Waals surface area contributed by atoms with Crippen molar-refractivity contribution in [3.63, 3.8) is 0 Å². The van der Waals surface area contributed by atoms with Gasteiger partial charge in [0.1, 0.15) is 13.0 Å². The number of halogens is 1. The number of hydrogen-bond donors (Lipinski definition) is 0. The summed E-state index contributed by atoms with van der Waals surface area (Å²) in [6.45, 7) is 5.63. The van der Waals surface area contributed by atoms with E-state index in [9.17, 15) is 0 Å². The molecular weight excluding hydrogens is 267 g/mol. The van der Waals surface area contributed by atoms with Crippen LogP contribution in [0.3, 0.4) is 0 Å². The fraction of sp³-hybridized carbons (Fsp3) is 0.778. The van der Waals surface area contributed by atoms with Gasteiger partial charge in [0.2, 0.25) is 0 Å². The lowest BCUT2D eigenvalue weighted by Crippen LogP contribution is -1.99. The van der Waals surface area contributed by atoms with E-state index < -0.39 is 8.38 Å². The highest BCUT2D eigenvalue weighted by atomic mass is 79.9. The average Bonchev–Trinajstić information content (AvgIpc) is 2.18. The summed E-state index contributed by atoms with van der Waals surface area (Å²) in [6, 6.07) is 0. The van der Waals surface area contributed by atoms with Gasteiger partial charge < -0.3 is 13.8 Å². The zero-order valence-corrected chi connectivity index (χ0v) is 11.1. The molecule has 0 aromatic rings. The highest BCUT2D eigenvalue weighted by molar-refractivity contribution is 9.09. The van der Waals surface area contributed by atoms with Crippen molar-refractivity contribution >= 4 is 24.3 Å². The molecule has 0 bridgehead atoms. The molecule has 0 aromatic carbocycles. The van der Waals surface area contributed by atoms with E-state index in [1.807, 2.05) is 13.8 Å². The second-order valence-corrected chi connectivity index (χ2v) is 4.13. The highest BCUT2D eigenvalue weighted by Crippen LogP contribution is 2.37. The molecular formula is C9H16BrO3P. The first-order chi connectivity index (χ1) is 6.85.